The molecule has 0 aromatic carbocycles. The molecule has 1 amide bonds. The number of aliphatic hydroxyl groups is 1. The van der Waals surface area contributed by atoms with E-state index in [1.807, 2.05) is 41.9 Å². The topological polar surface area (TPSA) is 95.1 Å². The number of nitrogens with zero attached hydrogens (tertiary/aromatic N) is 3. The molecule has 27 heavy (non-hydrogen) atoms. The number of carboxylic acids is 1. The van der Waals surface area contributed by atoms with Crippen molar-refractivity contribution < 1.29 is 19.8 Å². The number of aliphatic hydroxyl groups excluding tert-OH is 1. The lowest BCUT2D eigenvalue weighted by Crippen LogP contribution is -2.60. The predicted octanol–water partition coefficient (Wildman–Crippen LogP) is 1.77. The summed E-state index contributed by atoms with van der Waals surface area (Å²) in [6.45, 7) is 1.91. The van der Waals surface area contributed by atoms with Gasteiger partial charge in [0.2, 0.25) is 5.91 Å². The summed E-state index contributed by atoms with van der Waals surface area (Å²) in [5.41, 5.74) is 1.14. The van der Waals surface area contributed by atoms with Crippen molar-refractivity contribution in [1.82, 2.24) is 14.3 Å². The first-order chi connectivity index (χ1) is 13.0. The molecule has 2 aliphatic rings. The number of hydrogen-bond donors (Lipinski definition) is 2. The molecule has 1 fully saturated rings. The van der Waals surface area contributed by atoms with Gasteiger partial charge in [-0.3, -0.25) is 4.79 Å². The number of thioether (sulfide) groups is 1. The van der Waals surface area contributed by atoms with Crippen LogP contribution < -0.4 is 0 Å². The molecule has 0 spiro atoms. The van der Waals surface area contributed by atoms with Crippen LogP contribution in [0.2, 0.25) is 0 Å². The molecule has 0 radical (unpaired) electrons. The Morgan fingerprint density at radius 1 is 1.37 bits per heavy atom. The standard InChI is InChI=1S/C19H21N3O4S/c1-11-15-13(5-8-23)18(24)22(15)16(19(25)26)17(11)27-9-6-14-20-10-12-4-2-3-7-21(12)14/h2-4,7,10-11,13,15,23H,5-6,8-9H2,1H3,(H,25,26)/t11-,13-,15+/m1/s1. The quantitative estimate of drug-likeness (QED) is 0.703. The Balaban J connectivity index is 1.50. The fourth-order valence-corrected chi connectivity index (χ4v) is 5.40. The van der Waals surface area contributed by atoms with Crippen LogP contribution in [-0.4, -0.2) is 54.8 Å². The van der Waals surface area contributed by atoms with Crippen LogP contribution in [0, 0.1) is 11.8 Å². The minimum Gasteiger partial charge on any atom is -0.477 e. The number of imidazole rings is 1. The molecule has 2 aromatic rings. The third kappa shape index (κ3) is 2.83. The molecule has 4 rings (SSSR count). The van der Waals surface area contributed by atoms with Gasteiger partial charge in [-0.2, -0.15) is 0 Å². The van der Waals surface area contributed by atoms with E-state index in [0.29, 0.717) is 18.6 Å². The third-order valence-corrected chi connectivity index (χ3v) is 6.69. The number of rotatable bonds is 7. The second-order valence-electron chi connectivity index (χ2n) is 6.89. The Morgan fingerprint density at radius 2 is 2.19 bits per heavy atom. The smallest absolute Gasteiger partial charge is 0.353 e. The van der Waals surface area contributed by atoms with Crippen LogP contribution in [0.5, 0.6) is 0 Å². The Morgan fingerprint density at radius 3 is 2.93 bits per heavy atom. The normalized spacial score (nSPS) is 24.4. The highest BCUT2D eigenvalue weighted by molar-refractivity contribution is 8.03. The fraction of sp³-hybridized carbons (Fsp3) is 0.421. The van der Waals surface area contributed by atoms with Gasteiger partial charge in [0.05, 0.1) is 23.7 Å². The van der Waals surface area contributed by atoms with Gasteiger partial charge in [0.25, 0.3) is 0 Å². The molecule has 7 nitrogen and oxygen atoms in total. The Labute approximate surface area is 160 Å². The van der Waals surface area contributed by atoms with Gasteiger partial charge in [-0.05, 0) is 18.6 Å². The van der Waals surface area contributed by atoms with Gasteiger partial charge in [0.15, 0.2) is 0 Å². The molecule has 4 heterocycles. The van der Waals surface area contributed by atoms with Crippen LogP contribution in [-0.2, 0) is 16.0 Å². The lowest BCUT2D eigenvalue weighted by molar-refractivity contribution is -0.157. The summed E-state index contributed by atoms with van der Waals surface area (Å²) in [6, 6.07) is 5.76. The van der Waals surface area contributed by atoms with E-state index < -0.39 is 5.97 Å². The van der Waals surface area contributed by atoms with Crippen molar-refractivity contribution in [3.05, 3.63) is 47.0 Å². The average molecular weight is 387 g/mol. The van der Waals surface area contributed by atoms with Crippen LogP contribution in [0.15, 0.2) is 41.2 Å². The summed E-state index contributed by atoms with van der Waals surface area (Å²) in [6.07, 6.45) is 4.87. The third-order valence-electron chi connectivity index (χ3n) is 5.41. The van der Waals surface area contributed by atoms with Crippen LogP contribution in [0.4, 0.5) is 0 Å². The molecule has 0 aliphatic carbocycles. The first kappa shape index (κ1) is 18.1. The van der Waals surface area contributed by atoms with Crippen molar-refractivity contribution in [2.45, 2.75) is 25.8 Å². The van der Waals surface area contributed by atoms with E-state index in [9.17, 15) is 19.8 Å². The number of β-lactam (4-membered cyclic amide) rings is 1. The summed E-state index contributed by atoms with van der Waals surface area (Å²) < 4.78 is 2.03. The summed E-state index contributed by atoms with van der Waals surface area (Å²) in [7, 11) is 0. The number of fused-ring (bicyclic) bond motifs is 2. The number of amides is 1. The van der Waals surface area contributed by atoms with E-state index in [0.717, 1.165) is 16.2 Å². The molecule has 3 atom stereocenters. The minimum atomic E-state index is -1.06. The van der Waals surface area contributed by atoms with E-state index in [1.165, 1.54) is 16.7 Å². The minimum absolute atomic E-state index is 0.0348. The van der Waals surface area contributed by atoms with Gasteiger partial charge in [0.1, 0.15) is 11.5 Å². The monoisotopic (exact) mass is 387 g/mol. The molecule has 2 aromatic heterocycles. The van der Waals surface area contributed by atoms with Crippen molar-refractivity contribution in [1.29, 1.82) is 0 Å². The highest BCUT2D eigenvalue weighted by Gasteiger charge is 2.57. The van der Waals surface area contributed by atoms with Crippen molar-refractivity contribution >= 4 is 29.2 Å². The Kier molecular flexibility index (Phi) is 4.69. The maximum absolute atomic E-state index is 12.3. The Bertz CT molecular complexity index is 938. The van der Waals surface area contributed by atoms with Gasteiger partial charge in [-0.25, -0.2) is 9.78 Å². The zero-order chi connectivity index (χ0) is 19.1. The maximum atomic E-state index is 12.3. The second kappa shape index (κ2) is 7.01. The van der Waals surface area contributed by atoms with Crippen molar-refractivity contribution in [3.63, 3.8) is 0 Å². The first-order valence-corrected chi connectivity index (χ1v) is 9.98. The summed E-state index contributed by atoms with van der Waals surface area (Å²) in [5.74, 6) is 0.0472. The van der Waals surface area contributed by atoms with Crippen molar-refractivity contribution in [3.8, 4) is 0 Å². The number of carbonyl (C=O) groups excluding carboxylic acids is 1. The van der Waals surface area contributed by atoms with E-state index >= 15 is 0 Å². The van der Waals surface area contributed by atoms with E-state index in [1.54, 1.807) is 0 Å². The lowest BCUT2D eigenvalue weighted by atomic mass is 9.80. The number of hydrogen-bond acceptors (Lipinski definition) is 5. The summed E-state index contributed by atoms with van der Waals surface area (Å²) in [5, 5.41) is 18.8. The molecule has 1 saturated heterocycles. The lowest BCUT2D eigenvalue weighted by Gasteiger charge is -2.45. The van der Waals surface area contributed by atoms with Crippen molar-refractivity contribution in [2.24, 2.45) is 11.8 Å². The number of aliphatic carboxylic acids is 1. The highest BCUT2D eigenvalue weighted by Crippen LogP contribution is 2.50. The molecule has 0 saturated carbocycles. The molecule has 8 heteroatoms. The molecule has 2 aliphatic heterocycles. The summed E-state index contributed by atoms with van der Waals surface area (Å²) >= 11 is 1.49. The maximum Gasteiger partial charge on any atom is 0.353 e. The van der Waals surface area contributed by atoms with Gasteiger partial charge < -0.3 is 19.5 Å². The highest BCUT2D eigenvalue weighted by atomic mass is 32.2. The van der Waals surface area contributed by atoms with Gasteiger partial charge in [-0.1, -0.05) is 13.0 Å². The number of carbonyl (C=O) groups is 2. The van der Waals surface area contributed by atoms with Crippen LogP contribution in [0.25, 0.3) is 5.52 Å². The largest absolute Gasteiger partial charge is 0.477 e. The molecular weight excluding hydrogens is 366 g/mol. The van der Waals surface area contributed by atoms with E-state index in [4.69, 9.17) is 0 Å². The number of carboxylic acid groups (broad SMARTS) is 1. The zero-order valence-corrected chi connectivity index (χ0v) is 15.7. The molecular formula is C19H21N3O4S. The van der Waals surface area contributed by atoms with E-state index in [2.05, 4.69) is 4.98 Å². The number of aryl methyl sites for hydroxylation is 1. The second-order valence-corrected chi connectivity index (χ2v) is 8.03. The van der Waals surface area contributed by atoms with Crippen LogP contribution in [0.1, 0.15) is 19.2 Å². The molecule has 142 valence electrons. The van der Waals surface area contributed by atoms with Crippen LogP contribution >= 0.6 is 11.8 Å². The average Bonchev–Trinajstić information content (AvgIpc) is 3.18. The van der Waals surface area contributed by atoms with E-state index in [-0.39, 0.29) is 36.1 Å². The first-order valence-electron chi connectivity index (χ1n) is 8.99. The van der Waals surface area contributed by atoms with Crippen LogP contribution in [0.3, 0.4) is 0 Å². The molecule has 0 bridgehead atoms. The SMILES string of the molecule is C[C@H]1C(SCCc2ncc3ccccn23)=C(C(=O)O)N2C(=O)[C@H](CCO)[C@H]12. The zero-order valence-electron chi connectivity index (χ0n) is 14.9. The number of pyridine rings is 1. The fourth-order valence-electron chi connectivity index (χ4n) is 4.17. The summed E-state index contributed by atoms with van der Waals surface area (Å²) in [4.78, 5) is 30.8. The molecule has 2 N–H and O–H groups in total. The van der Waals surface area contributed by atoms with Gasteiger partial charge in [0, 0.05) is 35.8 Å². The molecule has 0 unspecified atom stereocenters. The number of aromatic nitrogens is 2. The van der Waals surface area contributed by atoms with Gasteiger partial charge >= 0.3 is 5.97 Å². The predicted molar refractivity (Wildman–Crippen MR) is 101 cm³/mol. The van der Waals surface area contributed by atoms with Crippen molar-refractivity contribution in [2.75, 3.05) is 12.4 Å². The van der Waals surface area contributed by atoms with Gasteiger partial charge in [-0.15, -0.1) is 11.8 Å². The Hall–Kier alpha value is -2.32.